The van der Waals surface area contributed by atoms with E-state index in [0.29, 0.717) is 39.6 Å². The fraction of sp³-hybridized carbons (Fsp3) is 0.710. The number of benzene rings is 1. The Labute approximate surface area is 221 Å². The summed E-state index contributed by atoms with van der Waals surface area (Å²) in [6.07, 6.45) is 10.2. The molecule has 1 aliphatic heterocycles. The third kappa shape index (κ3) is 3.87. The molecular formula is C31H43NOS2. The van der Waals surface area contributed by atoms with Gasteiger partial charge in [0.1, 0.15) is 5.78 Å². The molecule has 0 amide bonds. The third-order valence-corrected chi connectivity index (χ3v) is 14.2. The molecule has 1 saturated heterocycles. The number of rotatable bonds is 3. The normalized spacial score (nSPS) is 39.8. The summed E-state index contributed by atoms with van der Waals surface area (Å²) in [6.45, 7) is 9.06. The van der Waals surface area contributed by atoms with Crippen molar-refractivity contribution in [2.45, 2.75) is 82.3 Å². The second kappa shape index (κ2) is 8.86. The van der Waals surface area contributed by atoms with E-state index in [2.05, 4.69) is 93.5 Å². The average molecular weight is 510 g/mol. The first-order chi connectivity index (χ1) is 16.7. The zero-order valence-electron chi connectivity index (χ0n) is 22.3. The Morgan fingerprint density at radius 2 is 1.77 bits per heavy atom. The van der Waals surface area contributed by atoms with Gasteiger partial charge in [-0.15, -0.1) is 23.5 Å². The molecule has 7 atom stereocenters. The number of carbonyl (C=O) groups excluding carboxylic acids is 1. The molecule has 2 nitrogen and oxygen atoms in total. The maximum Gasteiger partial charge on any atom is 0.141 e. The summed E-state index contributed by atoms with van der Waals surface area (Å²) in [4.78, 5) is 15.9. The molecule has 1 heterocycles. The van der Waals surface area contributed by atoms with Crippen LogP contribution in [-0.4, -0.2) is 34.5 Å². The number of hydrogen-bond acceptors (Lipinski definition) is 4. The Kier molecular flexibility index (Phi) is 6.19. The second-order valence-electron chi connectivity index (χ2n) is 12.8. The molecule has 0 unspecified atom stereocenters. The molecule has 1 aromatic rings. The lowest BCUT2D eigenvalue weighted by atomic mass is 9.48. The number of anilines is 1. The number of hydrogen-bond donors (Lipinski definition) is 0. The number of thioether (sulfide) groups is 2. The fourth-order valence-electron chi connectivity index (χ4n) is 8.85. The van der Waals surface area contributed by atoms with Gasteiger partial charge in [0, 0.05) is 41.6 Å². The first-order valence-corrected chi connectivity index (χ1v) is 16.1. The molecule has 5 aliphatic rings. The van der Waals surface area contributed by atoms with E-state index in [1.54, 1.807) is 5.57 Å². The lowest BCUT2D eigenvalue weighted by Crippen LogP contribution is -2.50. The Bertz CT molecular complexity index is 1010. The van der Waals surface area contributed by atoms with Crippen LogP contribution in [0.2, 0.25) is 0 Å². The Morgan fingerprint density at radius 1 is 1.06 bits per heavy atom. The Morgan fingerprint density at radius 3 is 2.46 bits per heavy atom. The van der Waals surface area contributed by atoms with Crippen molar-refractivity contribution in [1.29, 1.82) is 0 Å². The predicted molar refractivity (Wildman–Crippen MR) is 152 cm³/mol. The first kappa shape index (κ1) is 24.5. The highest BCUT2D eigenvalue weighted by Gasteiger charge is 2.61. The van der Waals surface area contributed by atoms with Crippen LogP contribution < -0.4 is 4.90 Å². The summed E-state index contributed by atoms with van der Waals surface area (Å²) in [6, 6.07) is 9.98. The van der Waals surface area contributed by atoms with Crippen LogP contribution in [0.4, 0.5) is 5.69 Å². The molecule has 35 heavy (non-hydrogen) atoms. The largest absolute Gasteiger partial charge is 0.372 e. The molecule has 1 aromatic carbocycles. The zero-order valence-corrected chi connectivity index (χ0v) is 23.9. The third-order valence-electron chi connectivity index (χ3n) is 10.8. The van der Waals surface area contributed by atoms with E-state index < -0.39 is 0 Å². The van der Waals surface area contributed by atoms with Crippen molar-refractivity contribution in [3.8, 4) is 0 Å². The molecule has 4 aliphatic carbocycles. The second-order valence-corrected chi connectivity index (χ2v) is 15.9. The van der Waals surface area contributed by atoms with Gasteiger partial charge in [0.25, 0.3) is 0 Å². The number of fused-ring (bicyclic) bond motifs is 5. The molecule has 6 rings (SSSR count). The first-order valence-electron chi connectivity index (χ1n) is 14.1. The summed E-state index contributed by atoms with van der Waals surface area (Å²) in [5, 5.41) is 0. The number of ketones is 1. The highest BCUT2D eigenvalue weighted by Crippen LogP contribution is 2.67. The number of nitrogens with zero attached hydrogens (tertiary/aromatic N) is 1. The minimum atomic E-state index is -0.132. The molecule has 1 spiro atoms. The van der Waals surface area contributed by atoms with Crippen molar-refractivity contribution < 1.29 is 4.79 Å². The van der Waals surface area contributed by atoms with E-state index >= 15 is 0 Å². The highest BCUT2D eigenvalue weighted by molar-refractivity contribution is 8.21. The van der Waals surface area contributed by atoms with E-state index in [0.717, 1.165) is 18.8 Å². The van der Waals surface area contributed by atoms with E-state index in [1.807, 2.05) is 0 Å². The SMILES string of the molecule is CC(C)N(C)c1ccc([C@H]2C[C@]3(C)C(=O)[C@@H](C)C[C@H]3[C@@H]3CCC4=CC5(CC[C@@H]4[C@H]32)SCCS5)cc1. The van der Waals surface area contributed by atoms with Gasteiger partial charge in [0.15, 0.2) is 0 Å². The van der Waals surface area contributed by atoms with Crippen LogP contribution in [0.5, 0.6) is 0 Å². The number of carbonyl (C=O) groups is 1. The van der Waals surface area contributed by atoms with Crippen LogP contribution in [0.1, 0.15) is 77.7 Å². The molecule has 3 saturated carbocycles. The highest BCUT2D eigenvalue weighted by atomic mass is 32.2. The van der Waals surface area contributed by atoms with Gasteiger partial charge in [-0.3, -0.25) is 4.79 Å². The number of allylic oxidation sites excluding steroid dienone is 1. The van der Waals surface area contributed by atoms with Crippen molar-refractivity contribution in [3.63, 3.8) is 0 Å². The van der Waals surface area contributed by atoms with Crippen molar-refractivity contribution >= 4 is 35.0 Å². The zero-order chi connectivity index (χ0) is 24.5. The van der Waals surface area contributed by atoms with Gasteiger partial charge in [0.2, 0.25) is 0 Å². The van der Waals surface area contributed by atoms with Crippen molar-refractivity contribution in [1.82, 2.24) is 0 Å². The molecule has 0 aromatic heterocycles. The summed E-state index contributed by atoms with van der Waals surface area (Å²) in [5.41, 5.74) is 4.43. The van der Waals surface area contributed by atoms with Crippen LogP contribution in [-0.2, 0) is 4.79 Å². The van der Waals surface area contributed by atoms with Crippen LogP contribution in [0, 0.1) is 35.0 Å². The fourth-order valence-corrected chi connectivity index (χ4v) is 12.0. The summed E-state index contributed by atoms with van der Waals surface area (Å²) in [5.74, 6) is 6.63. The van der Waals surface area contributed by atoms with Crippen LogP contribution in [0.15, 0.2) is 35.9 Å². The van der Waals surface area contributed by atoms with Crippen molar-refractivity contribution in [2.24, 2.45) is 35.0 Å². The maximum atomic E-state index is 13.6. The molecule has 0 radical (unpaired) electrons. The maximum absolute atomic E-state index is 13.6. The van der Waals surface area contributed by atoms with Crippen LogP contribution in [0.25, 0.3) is 0 Å². The van der Waals surface area contributed by atoms with Gasteiger partial charge < -0.3 is 4.90 Å². The van der Waals surface area contributed by atoms with Gasteiger partial charge in [-0.05, 0) is 99.7 Å². The van der Waals surface area contributed by atoms with Gasteiger partial charge in [0.05, 0.1) is 4.08 Å². The van der Waals surface area contributed by atoms with Gasteiger partial charge in [-0.25, -0.2) is 0 Å². The van der Waals surface area contributed by atoms with Crippen molar-refractivity contribution in [3.05, 3.63) is 41.5 Å². The molecule has 4 fully saturated rings. The average Bonchev–Trinajstić information content (AvgIpc) is 3.40. The van der Waals surface area contributed by atoms with Crippen LogP contribution in [0.3, 0.4) is 0 Å². The topological polar surface area (TPSA) is 20.3 Å². The van der Waals surface area contributed by atoms with Crippen molar-refractivity contribution in [2.75, 3.05) is 23.5 Å². The van der Waals surface area contributed by atoms with E-state index in [4.69, 9.17) is 0 Å². The standard InChI is InChI=1S/C31H43NOS2/c1-19(2)32(5)23-9-6-21(7-10-23)26-18-30(4)27(16-20(3)29(30)33)25-11-8-22-17-31(34-14-15-35-31)13-12-24(22)28(25)26/h6-7,9-10,17,19-20,24-28H,8,11-16,18H2,1-5H3/t20-,24-,25-,26+,27-,28+,30-/m0/s1. The monoisotopic (exact) mass is 509 g/mol. The smallest absolute Gasteiger partial charge is 0.141 e. The van der Waals surface area contributed by atoms with Gasteiger partial charge in [-0.1, -0.05) is 37.6 Å². The molecule has 4 heteroatoms. The lowest BCUT2D eigenvalue weighted by Gasteiger charge is -2.56. The van der Waals surface area contributed by atoms with Crippen LogP contribution >= 0.6 is 23.5 Å². The summed E-state index contributed by atoms with van der Waals surface area (Å²) < 4.78 is 0.373. The minimum Gasteiger partial charge on any atom is -0.372 e. The summed E-state index contributed by atoms with van der Waals surface area (Å²) in [7, 11) is 2.19. The Balaban J connectivity index is 1.39. The van der Waals surface area contributed by atoms with Gasteiger partial charge >= 0.3 is 0 Å². The number of Topliss-reactive ketones (excluding diaryl/α,β-unsaturated/α-hetero) is 1. The summed E-state index contributed by atoms with van der Waals surface area (Å²) >= 11 is 4.41. The molecule has 0 N–H and O–H groups in total. The predicted octanol–water partition coefficient (Wildman–Crippen LogP) is 7.79. The van der Waals surface area contributed by atoms with E-state index in [-0.39, 0.29) is 11.3 Å². The molecular weight excluding hydrogens is 466 g/mol. The molecule has 190 valence electrons. The molecule has 0 bridgehead atoms. The minimum absolute atomic E-state index is 0.132. The lowest BCUT2D eigenvalue weighted by molar-refractivity contribution is -0.134. The Hall–Kier alpha value is -0.870. The van der Waals surface area contributed by atoms with E-state index in [1.165, 1.54) is 48.4 Å². The van der Waals surface area contributed by atoms with E-state index in [9.17, 15) is 4.79 Å². The quantitative estimate of drug-likeness (QED) is 0.387. The van der Waals surface area contributed by atoms with Gasteiger partial charge in [-0.2, -0.15) is 0 Å².